The van der Waals surface area contributed by atoms with E-state index in [-0.39, 0.29) is 11.7 Å². The smallest absolute Gasteiger partial charge is 0.168 e. The van der Waals surface area contributed by atoms with E-state index in [0.717, 1.165) is 70.7 Å². The zero-order valence-electron chi connectivity index (χ0n) is 15.3. The number of ketones is 1. The summed E-state index contributed by atoms with van der Waals surface area (Å²) in [6, 6.07) is 4.10. The molecule has 2 aromatic heterocycles. The number of nitrogens with zero attached hydrogens (tertiary/aromatic N) is 2. The number of aromatic amines is 1. The summed E-state index contributed by atoms with van der Waals surface area (Å²) < 4.78 is 5.35. The molecule has 0 radical (unpaired) electrons. The number of nitrogens with one attached hydrogen (secondary N) is 1. The van der Waals surface area contributed by atoms with Crippen LogP contribution in [0.15, 0.2) is 16.7 Å². The van der Waals surface area contributed by atoms with E-state index in [0.29, 0.717) is 5.92 Å². The number of aromatic nitrogens is 3. The predicted octanol–water partition coefficient (Wildman–Crippen LogP) is 5.09. The highest BCUT2D eigenvalue weighted by Gasteiger charge is 2.30. The molecule has 0 aliphatic heterocycles. The van der Waals surface area contributed by atoms with Crippen molar-refractivity contribution in [2.75, 3.05) is 0 Å². The van der Waals surface area contributed by atoms with E-state index < -0.39 is 0 Å². The van der Waals surface area contributed by atoms with Gasteiger partial charge in [0.2, 0.25) is 0 Å². The van der Waals surface area contributed by atoms with Gasteiger partial charge in [0.15, 0.2) is 5.78 Å². The van der Waals surface area contributed by atoms with Crippen molar-refractivity contribution in [2.45, 2.75) is 58.3 Å². The van der Waals surface area contributed by atoms with Gasteiger partial charge in [-0.2, -0.15) is 0 Å². The Morgan fingerprint density at radius 2 is 1.92 bits per heavy atom. The number of carbonyl (C=O) groups excluding carboxylic acids is 1. The highest BCUT2D eigenvalue weighted by molar-refractivity contribution is 6.09. The van der Waals surface area contributed by atoms with Gasteiger partial charge < -0.3 is 9.51 Å². The molecule has 1 N–H and O–H groups in total. The van der Waals surface area contributed by atoms with Gasteiger partial charge in [-0.1, -0.05) is 18.0 Å². The van der Waals surface area contributed by atoms with Gasteiger partial charge in [-0.15, -0.1) is 0 Å². The Morgan fingerprint density at radius 1 is 1.15 bits per heavy atom. The van der Waals surface area contributed by atoms with Crippen LogP contribution in [0.4, 0.5) is 0 Å². The van der Waals surface area contributed by atoms with Crippen LogP contribution >= 0.6 is 0 Å². The van der Waals surface area contributed by atoms with E-state index in [1.54, 1.807) is 0 Å². The second-order valence-corrected chi connectivity index (χ2v) is 7.86. The fourth-order valence-corrected chi connectivity index (χ4v) is 4.32. The minimum atomic E-state index is 0.138. The number of hydrogen-bond acceptors (Lipinski definition) is 4. The quantitative estimate of drug-likeness (QED) is 0.666. The summed E-state index contributed by atoms with van der Waals surface area (Å²) >= 11 is 0. The summed E-state index contributed by atoms with van der Waals surface area (Å²) in [6.07, 6.45) is 6.66. The van der Waals surface area contributed by atoms with Crippen molar-refractivity contribution >= 4 is 16.8 Å². The lowest BCUT2D eigenvalue weighted by Gasteiger charge is -2.10. The molecule has 0 spiro atoms. The molecular formula is C21H23N3O2. The van der Waals surface area contributed by atoms with E-state index in [1.165, 1.54) is 12.8 Å². The SMILES string of the molecule is Cc1noc(C)c1-c1cc(C(=O)C2CCCC2)c2nc(C3CC3)[nH]c2c1. The van der Waals surface area contributed by atoms with Gasteiger partial charge in [0.1, 0.15) is 11.6 Å². The molecule has 0 unspecified atom stereocenters. The molecule has 2 fully saturated rings. The molecule has 26 heavy (non-hydrogen) atoms. The van der Waals surface area contributed by atoms with E-state index in [9.17, 15) is 4.79 Å². The molecule has 0 atom stereocenters. The van der Waals surface area contributed by atoms with E-state index in [2.05, 4.69) is 16.2 Å². The average molecular weight is 349 g/mol. The topological polar surface area (TPSA) is 71.8 Å². The van der Waals surface area contributed by atoms with Crippen molar-refractivity contribution in [3.05, 3.63) is 35.0 Å². The molecule has 0 bridgehead atoms. The molecule has 134 valence electrons. The molecule has 0 amide bonds. The first-order valence-corrected chi connectivity index (χ1v) is 9.63. The summed E-state index contributed by atoms with van der Waals surface area (Å²) in [5, 5.41) is 4.08. The molecular weight excluding hydrogens is 326 g/mol. The van der Waals surface area contributed by atoms with Crippen LogP contribution in [0.1, 0.15) is 72.1 Å². The monoisotopic (exact) mass is 349 g/mol. The summed E-state index contributed by atoms with van der Waals surface area (Å²) in [7, 11) is 0. The third-order valence-corrected chi connectivity index (χ3v) is 5.88. The molecule has 5 rings (SSSR count). The molecule has 5 heteroatoms. The molecule has 0 saturated heterocycles. The van der Waals surface area contributed by atoms with Gasteiger partial charge in [-0.3, -0.25) is 4.79 Å². The maximum atomic E-state index is 13.3. The molecule has 1 aromatic carbocycles. The van der Waals surface area contributed by atoms with Gasteiger partial charge in [0, 0.05) is 23.0 Å². The van der Waals surface area contributed by atoms with Crippen LogP contribution < -0.4 is 0 Å². The third-order valence-electron chi connectivity index (χ3n) is 5.88. The lowest BCUT2D eigenvalue weighted by molar-refractivity contribution is 0.0924. The summed E-state index contributed by atoms with van der Waals surface area (Å²) in [5.74, 6) is 2.72. The first-order valence-electron chi connectivity index (χ1n) is 9.63. The van der Waals surface area contributed by atoms with Crippen LogP contribution in [-0.4, -0.2) is 20.9 Å². The first-order chi connectivity index (χ1) is 12.6. The van der Waals surface area contributed by atoms with Crippen LogP contribution in [0.5, 0.6) is 0 Å². The minimum absolute atomic E-state index is 0.138. The van der Waals surface area contributed by atoms with Crippen LogP contribution in [-0.2, 0) is 0 Å². The summed E-state index contributed by atoms with van der Waals surface area (Å²) in [6.45, 7) is 3.86. The van der Waals surface area contributed by atoms with Crippen LogP contribution in [0, 0.1) is 19.8 Å². The largest absolute Gasteiger partial charge is 0.361 e. The van der Waals surface area contributed by atoms with Crippen molar-refractivity contribution in [1.29, 1.82) is 0 Å². The summed E-state index contributed by atoms with van der Waals surface area (Å²) in [5.41, 5.74) is 5.36. The van der Waals surface area contributed by atoms with Crippen LogP contribution in [0.25, 0.3) is 22.2 Å². The Morgan fingerprint density at radius 3 is 2.58 bits per heavy atom. The lowest BCUT2D eigenvalue weighted by atomic mass is 9.92. The van der Waals surface area contributed by atoms with E-state index >= 15 is 0 Å². The minimum Gasteiger partial charge on any atom is -0.361 e. The molecule has 2 aliphatic rings. The van der Waals surface area contributed by atoms with Gasteiger partial charge in [-0.25, -0.2) is 4.98 Å². The van der Waals surface area contributed by atoms with Crippen LogP contribution in [0.3, 0.4) is 0 Å². The van der Waals surface area contributed by atoms with Crippen molar-refractivity contribution in [1.82, 2.24) is 15.1 Å². The van der Waals surface area contributed by atoms with Crippen molar-refractivity contribution in [3.8, 4) is 11.1 Å². The predicted molar refractivity (Wildman–Crippen MR) is 99.3 cm³/mol. The van der Waals surface area contributed by atoms with Gasteiger partial charge in [-0.05, 0) is 57.2 Å². The molecule has 2 saturated carbocycles. The number of rotatable bonds is 4. The van der Waals surface area contributed by atoms with Gasteiger partial charge >= 0.3 is 0 Å². The zero-order chi connectivity index (χ0) is 17.8. The average Bonchev–Trinajstić information content (AvgIpc) is 3.04. The first kappa shape index (κ1) is 15.8. The lowest BCUT2D eigenvalue weighted by Crippen LogP contribution is -2.12. The maximum Gasteiger partial charge on any atom is 0.168 e. The number of hydrogen-bond donors (Lipinski definition) is 1. The summed E-state index contributed by atoms with van der Waals surface area (Å²) in [4.78, 5) is 21.5. The third kappa shape index (κ3) is 2.49. The highest BCUT2D eigenvalue weighted by Crippen LogP contribution is 2.41. The zero-order valence-corrected chi connectivity index (χ0v) is 15.3. The Balaban J connectivity index is 1.70. The Hall–Kier alpha value is -2.43. The second kappa shape index (κ2) is 5.79. The maximum absolute atomic E-state index is 13.3. The fraction of sp³-hybridized carbons (Fsp3) is 0.476. The number of H-pyrrole nitrogens is 1. The number of carbonyl (C=O) groups is 1. The van der Waals surface area contributed by atoms with Gasteiger partial charge in [0.25, 0.3) is 0 Å². The Labute approximate surface area is 152 Å². The Bertz CT molecular complexity index is 984. The normalized spacial score (nSPS) is 18.1. The van der Waals surface area contributed by atoms with Crippen molar-refractivity contribution in [2.24, 2.45) is 5.92 Å². The highest BCUT2D eigenvalue weighted by atomic mass is 16.5. The van der Waals surface area contributed by atoms with E-state index in [4.69, 9.17) is 9.51 Å². The number of benzene rings is 1. The number of imidazole rings is 1. The Kier molecular flexibility index (Phi) is 3.52. The van der Waals surface area contributed by atoms with Crippen molar-refractivity contribution in [3.63, 3.8) is 0 Å². The number of fused-ring (bicyclic) bond motifs is 1. The second-order valence-electron chi connectivity index (χ2n) is 7.86. The number of aryl methyl sites for hydroxylation is 2. The van der Waals surface area contributed by atoms with Crippen molar-refractivity contribution < 1.29 is 9.32 Å². The molecule has 5 nitrogen and oxygen atoms in total. The van der Waals surface area contributed by atoms with Crippen LogP contribution in [0.2, 0.25) is 0 Å². The van der Waals surface area contributed by atoms with E-state index in [1.807, 2.05) is 19.9 Å². The van der Waals surface area contributed by atoms with Gasteiger partial charge in [0.05, 0.1) is 16.7 Å². The molecule has 2 aliphatic carbocycles. The molecule has 3 aromatic rings. The molecule has 2 heterocycles. The fourth-order valence-electron chi connectivity index (χ4n) is 4.32. The standard InChI is InChI=1S/C21H23N3O2/c1-11-18(12(2)26-24-11)15-9-16(20(25)13-5-3-4-6-13)19-17(10-15)22-21(23-19)14-7-8-14/h9-10,13-14H,3-8H2,1-2H3,(H,22,23). The number of Topliss-reactive ketones (excluding diaryl/α,β-unsaturated/α-hetero) is 1.